The number of hydrogen-bond donors (Lipinski definition) is 2. The fraction of sp³-hybridized carbons (Fsp3) is 0.857. The van der Waals surface area contributed by atoms with E-state index >= 15 is 0 Å². The Hall–Kier alpha value is -0.750. The minimum atomic E-state index is -0.906. The molecule has 1 amide bonds. The Kier molecular flexibility index (Phi) is 4.96. The molecule has 5 nitrogen and oxygen atoms in total. The standard InChI is InChI=1S/C14H24N2O3S/c1-2-12-16(10(9-20-12)13(18)19)11(17)8-14(15)6-4-3-5-7-14/h10,12H,2-9,15H2,1H3,(H,18,19). The lowest BCUT2D eigenvalue weighted by Crippen LogP contribution is -2.51. The molecule has 2 unspecified atom stereocenters. The van der Waals surface area contributed by atoms with Crippen molar-refractivity contribution in [1.82, 2.24) is 4.90 Å². The number of amides is 1. The number of nitrogens with zero attached hydrogens (tertiary/aromatic N) is 1. The highest BCUT2D eigenvalue weighted by molar-refractivity contribution is 8.00. The normalized spacial score (nSPS) is 29.4. The van der Waals surface area contributed by atoms with Crippen LogP contribution < -0.4 is 5.73 Å². The van der Waals surface area contributed by atoms with Gasteiger partial charge in [-0.1, -0.05) is 26.2 Å². The van der Waals surface area contributed by atoms with Gasteiger partial charge in [0.15, 0.2) is 0 Å². The molecular formula is C14H24N2O3S. The summed E-state index contributed by atoms with van der Waals surface area (Å²) in [6.07, 6.45) is 6.12. The van der Waals surface area contributed by atoms with E-state index in [-0.39, 0.29) is 17.7 Å². The molecule has 0 radical (unpaired) electrons. The first-order valence-electron chi connectivity index (χ1n) is 7.41. The lowest BCUT2D eigenvalue weighted by Gasteiger charge is -2.36. The van der Waals surface area contributed by atoms with Gasteiger partial charge in [0, 0.05) is 17.7 Å². The van der Waals surface area contributed by atoms with Gasteiger partial charge in [-0.2, -0.15) is 0 Å². The summed E-state index contributed by atoms with van der Waals surface area (Å²) in [6.45, 7) is 1.99. The van der Waals surface area contributed by atoms with Crippen LogP contribution in [0.4, 0.5) is 0 Å². The molecule has 20 heavy (non-hydrogen) atoms. The smallest absolute Gasteiger partial charge is 0.327 e. The van der Waals surface area contributed by atoms with E-state index in [1.807, 2.05) is 6.92 Å². The van der Waals surface area contributed by atoms with Crippen molar-refractivity contribution < 1.29 is 14.7 Å². The maximum atomic E-state index is 12.6. The van der Waals surface area contributed by atoms with Crippen molar-refractivity contribution in [2.24, 2.45) is 5.73 Å². The summed E-state index contributed by atoms with van der Waals surface area (Å²) in [7, 11) is 0. The van der Waals surface area contributed by atoms with E-state index in [0.29, 0.717) is 5.75 Å². The van der Waals surface area contributed by atoms with Crippen molar-refractivity contribution in [2.45, 2.75) is 68.8 Å². The molecule has 0 bridgehead atoms. The van der Waals surface area contributed by atoms with Gasteiger partial charge in [0.25, 0.3) is 0 Å². The molecule has 0 spiro atoms. The zero-order chi connectivity index (χ0) is 14.8. The third-order valence-corrected chi connectivity index (χ3v) is 5.82. The van der Waals surface area contributed by atoms with Crippen LogP contribution >= 0.6 is 11.8 Å². The molecule has 2 fully saturated rings. The second kappa shape index (κ2) is 6.35. The number of hydrogen-bond acceptors (Lipinski definition) is 4. The number of aliphatic carboxylic acids is 1. The Morgan fingerprint density at radius 1 is 1.35 bits per heavy atom. The maximum Gasteiger partial charge on any atom is 0.327 e. The molecule has 0 aromatic carbocycles. The molecule has 2 aliphatic rings. The van der Waals surface area contributed by atoms with Crippen molar-refractivity contribution in [1.29, 1.82) is 0 Å². The quantitative estimate of drug-likeness (QED) is 0.827. The first-order valence-corrected chi connectivity index (χ1v) is 8.46. The van der Waals surface area contributed by atoms with Gasteiger partial charge in [0.05, 0.1) is 5.37 Å². The molecule has 1 aliphatic carbocycles. The summed E-state index contributed by atoms with van der Waals surface area (Å²) in [6, 6.07) is -0.690. The highest BCUT2D eigenvalue weighted by atomic mass is 32.2. The number of carboxylic acids is 1. The number of carbonyl (C=O) groups is 2. The monoisotopic (exact) mass is 300 g/mol. The van der Waals surface area contributed by atoms with Gasteiger partial charge in [0.2, 0.25) is 5.91 Å². The molecule has 1 aliphatic heterocycles. The van der Waals surface area contributed by atoms with Crippen molar-refractivity contribution in [3.8, 4) is 0 Å². The molecule has 1 heterocycles. The second-order valence-electron chi connectivity index (χ2n) is 5.95. The van der Waals surface area contributed by atoms with Gasteiger partial charge in [-0.25, -0.2) is 4.79 Å². The van der Waals surface area contributed by atoms with Crippen LogP contribution in [0, 0.1) is 0 Å². The SMILES string of the molecule is CCC1SCC(C(=O)O)N1C(=O)CC1(N)CCCCC1. The Bertz CT molecular complexity index is 383. The summed E-state index contributed by atoms with van der Waals surface area (Å²) in [5.74, 6) is -0.507. The minimum absolute atomic E-state index is 0.0178. The van der Waals surface area contributed by atoms with Crippen molar-refractivity contribution in [3.63, 3.8) is 0 Å². The highest BCUT2D eigenvalue weighted by Gasteiger charge is 2.42. The number of carbonyl (C=O) groups excluding carboxylic acids is 1. The Labute approximate surface area is 124 Å². The maximum absolute atomic E-state index is 12.6. The third-order valence-electron chi connectivity index (χ3n) is 4.37. The van der Waals surface area contributed by atoms with E-state index in [2.05, 4.69) is 0 Å². The van der Waals surface area contributed by atoms with Gasteiger partial charge in [-0.05, 0) is 19.3 Å². The van der Waals surface area contributed by atoms with Crippen LogP contribution in [-0.2, 0) is 9.59 Å². The van der Waals surface area contributed by atoms with Gasteiger partial charge in [0.1, 0.15) is 6.04 Å². The first kappa shape index (κ1) is 15.6. The van der Waals surface area contributed by atoms with E-state index in [0.717, 1.165) is 32.1 Å². The van der Waals surface area contributed by atoms with Crippen LogP contribution in [0.3, 0.4) is 0 Å². The average Bonchev–Trinajstić information content (AvgIpc) is 2.83. The predicted molar refractivity (Wildman–Crippen MR) is 79.4 cm³/mol. The Morgan fingerprint density at radius 2 is 2.00 bits per heavy atom. The van der Waals surface area contributed by atoms with E-state index < -0.39 is 17.6 Å². The van der Waals surface area contributed by atoms with Gasteiger partial charge >= 0.3 is 5.97 Å². The van der Waals surface area contributed by atoms with Crippen molar-refractivity contribution in [2.75, 3.05) is 5.75 Å². The molecule has 0 aromatic rings. The largest absolute Gasteiger partial charge is 0.480 e. The molecule has 1 saturated heterocycles. The summed E-state index contributed by atoms with van der Waals surface area (Å²) in [4.78, 5) is 25.4. The van der Waals surface area contributed by atoms with Crippen LogP contribution in [0.5, 0.6) is 0 Å². The molecular weight excluding hydrogens is 276 g/mol. The molecule has 114 valence electrons. The molecule has 6 heteroatoms. The molecule has 3 N–H and O–H groups in total. The van der Waals surface area contributed by atoms with Gasteiger partial charge in [-0.3, -0.25) is 4.79 Å². The summed E-state index contributed by atoms with van der Waals surface area (Å²) >= 11 is 1.56. The molecule has 1 saturated carbocycles. The fourth-order valence-corrected chi connectivity index (χ4v) is 4.60. The van der Waals surface area contributed by atoms with Crippen LogP contribution in [0.15, 0.2) is 0 Å². The summed E-state index contributed by atoms with van der Waals surface area (Å²) < 4.78 is 0. The predicted octanol–water partition coefficient (Wildman–Crippen LogP) is 1.80. The Balaban J connectivity index is 2.06. The average molecular weight is 300 g/mol. The molecule has 0 aromatic heterocycles. The van der Waals surface area contributed by atoms with E-state index in [1.165, 1.54) is 6.42 Å². The number of rotatable bonds is 4. The van der Waals surface area contributed by atoms with Crippen LogP contribution in [0.1, 0.15) is 51.9 Å². The van der Waals surface area contributed by atoms with Crippen molar-refractivity contribution >= 4 is 23.6 Å². The zero-order valence-electron chi connectivity index (χ0n) is 12.0. The highest BCUT2D eigenvalue weighted by Crippen LogP contribution is 2.35. The van der Waals surface area contributed by atoms with Crippen molar-refractivity contribution in [3.05, 3.63) is 0 Å². The summed E-state index contributed by atoms with van der Waals surface area (Å²) in [5.41, 5.74) is 5.91. The zero-order valence-corrected chi connectivity index (χ0v) is 12.8. The topological polar surface area (TPSA) is 83.6 Å². The lowest BCUT2D eigenvalue weighted by atomic mass is 9.80. The van der Waals surface area contributed by atoms with E-state index in [9.17, 15) is 14.7 Å². The van der Waals surface area contributed by atoms with E-state index in [1.54, 1.807) is 16.7 Å². The number of carboxylic acid groups (broad SMARTS) is 1. The van der Waals surface area contributed by atoms with Crippen LogP contribution in [0.25, 0.3) is 0 Å². The fourth-order valence-electron chi connectivity index (χ4n) is 3.23. The number of nitrogens with two attached hydrogens (primary N) is 1. The Morgan fingerprint density at radius 3 is 2.55 bits per heavy atom. The van der Waals surface area contributed by atoms with Crippen LogP contribution in [-0.4, -0.2) is 44.6 Å². The third kappa shape index (κ3) is 3.28. The van der Waals surface area contributed by atoms with Gasteiger partial charge in [-0.15, -0.1) is 11.8 Å². The van der Waals surface area contributed by atoms with Gasteiger partial charge < -0.3 is 15.7 Å². The molecule has 2 rings (SSSR count). The number of thioether (sulfide) groups is 1. The molecule has 2 atom stereocenters. The minimum Gasteiger partial charge on any atom is -0.480 e. The second-order valence-corrected chi connectivity index (χ2v) is 7.16. The van der Waals surface area contributed by atoms with E-state index in [4.69, 9.17) is 5.73 Å². The summed E-state index contributed by atoms with van der Waals surface area (Å²) in [5, 5.41) is 9.26. The lowest BCUT2D eigenvalue weighted by molar-refractivity contribution is -0.149. The van der Waals surface area contributed by atoms with Crippen LogP contribution in [0.2, 0.25) is 0 Å². The first-order chi connectivity index (χ1) is 9.47.